The molecule has 1 aromatic heterocycles. The lowest BCUT2D eigenvalue weighted by atomic mass is 10.1. The van der Waals surface area contributed by atoms with Crippen LogP contribution in [0.15, 0.2) is 88.5 Å². The Kier molecular flexibility index (Phi) is 4.67. The summed E-state index contributed by atoms with van der Waals surface area (Å²) in [6.07, 6.45) is 2.60. The zero-order chi connectivity index (χ0) is 15.0. The van der Waals surface area contributed by atoms with Crippen molar-refractivity contribution >= 4 is 11.5 Å². The largest absolute Gasteiger partial charge is 0.461 e. The molecule has 3 rings (SSSR count). The number of furan rings is 1. The summed E-state index contributed by atoms with van der Waals surface area (Å²) in [4.78, 5) is 4.64. The lowest BCUT2D eigenvalue weighted by molar-refractivity contribution is 0.553. The first-order chi connectivity index (χ1) is 10.9. The van der Waals surface area contributed by atoms with Crippen molar-refractivity contribution in [2.45, 2.75) is 6.42 Å². The normalized spacial score (nSPS) is 11.4. The summed E-state index contributed by atoms with van der Waals surface area (Å²) < 4.78 is 5.48. The van der Waals surface area contributed by atoms with E-state index in [9.17, 15) is 0 Å². The molecule has 0 unspecified atom stereocenters. The predicted molar refractivity (Wildman–Crippen MR) is 89.5 cm³/mol. The SMILES string of the molecule is c1ccc(CCN/C(=N\c2ccccc2)c2ccco2)cc1. The number of para-hydroxylation sites is 1. The standard InChI is InChI=1S/C19H18N2O/c1-3-8-16(9-4-1)13-14-20-19(18-12-7-15-22-18)21-17-10-5-2-6-11-17/h1-12,15H,13-14H2,(H,20,21). The highest BCUT2D eigenvalue weighted by molar-refractivity contribution is 5.97. The molecule has 0 fully saturated rings. The van der Waals surface area contributed by atoms with Crippen molar-refractivity contribution in [1.82, 2.24) is 5.32 Å². The van der Waals surface area contributed by atoms with Crippen molar-refractivity contribution in [2.24, 2.45) is 4.99 Å². The Balaban J connectivity index is 1.71. The van der Waals surface area contributed by atoms with Crippen LogP contribution in [0.3, 0.4) is 0 Å². The molecule has 1 N–H and O–H groups in total. The lowest BCUT2D eigenvalue weighted by Gasteiger charge is -2.08. The maximum absolute atomic E-state index is 5.48. The smallest absolute Gasteiger partial charge is 0.169 e. The highest BCUT2D eigenvalue weighted by Gasteiger charge is 2.06. The van der Waals surface area contributed by atoms with Gasteiger partial charge in [0, 0.05) is 6.54 Å². The second-order valence-electron chi connectivity index (χ2n) is 4.94. The second-order valence-corrected chi connectivity index (χ2v) is 4.94. The molecule has 0 aliphatic heterocycles. The van der Waals surface area contributed by atoms with E-state index >= 15 is 0 Å². The van der Waals surface area contributed by atoms with Gasteiger partial charge in [0.1, 0.15) is 0 Å². The monoisotopic (exact) mass is 290 g/mol. The Bertz CT molecular complexity index is 704. The first kappa shape index (κ1) is 14.1. The third kappa shape index (κ3) is 3.85. The summed E-state index contributed by atoms with van der Waals surface area (Å²) in [7, 11) is 0. The Morgan fingerprint density at radius 3 is 2.27 bits per heavy atom. The van der Waals surface area contributed by atoms with Crippen molar-refractivity contribution in [1.29, 1.82) is 0 Å². The molecule has 22 heavy (non-hydrogen) atoms. The second kappa shape index (κ2) is 7.27. The van der Waals surface area contributed by atoms with E-state index in [1.54, 1.807) is 6.26 Å². The molecule has 110 valence electrons. The van der Waals surface area contributed by atoms with E-state index in [1.165, 1.54) is 5.56 Å². The van der Waals surface area contributed by atoms with E-state index in [2.05, 4.69) is 34.6 Å². The van der Waals surface area contributed by atoms with Crippen molar-refractivity contribution in [3.05, 3.63) is 90.4 Å². The summed E-state index contributed by atoms with van der Waals surface area (Å²) in [5.74, 6) is 1.50. The van der Waals surface area contributed by atoms with Crippen molar-refractivity contribution in [3.8, 4) is 0 Å². The molecule has 0 atom stereocenters. The van der Waals surface area contributed by atoms with E-state index in [-0.39, 0.29) is 0 Å². The molecule has 2 aromatic carbocycles. The third-order valence-corrected chi connectivity index (χ3v) is 3.30. The van der Waals surface area contributed by atoms with Gasteiger partial charge in [-0.05, 0) is 36.2 Å². The van der Waals surface area contributed by atoms with Gasteiger partial charge in [-0.1, -0.05) is 48.5 Å². The van der Waals surface area contributed by atoms with Crippen LogP contribution in [-0.4, -0.2) is 12.4 Å². The van der Waals surface area contributed by atoms with Gasteiger partial charge in [-0.3, -0.25) is 0 Å². The summed E-state index contributed by atoms with van der Waals surface area (Å²) in [6.45, 7) is 0.802. The average molecular weight is 290 g/mol. The molecular weight excluding hydrogens is 272 g/mol. The summed E-state index contributed by atoms with van der Waals surface area (Å²) >= 11 is 0. The van der Waals surface area contributed by atoms with Crippen LogP contribution < -0.4 is 5.32 Å². The van der Waals surface area contributed by atoms with Crippen LogP contribution in [-0.2, 0) is 6.42 Å². The predicted octanol–water partition coefficient (Wildman–Crippen LogP) is 4.19. The van der Waals surface area contributed by atoms with Gasteiger partial charge < -0.3 is 9.73 Å². The highest BCUT2D eigenvalue weighted by Crippen LogP contribution is 2.12. The number of hydrogen-bond donors (Lipinski definition) is 1. The van der Waals surface area contributed by atoms with E-state index < -0.39 is 0 Å². The van der Waals surface area contributed by atoms with Gasteiger partial charge in [-0.25, -0.2) is 4.99 Å². The fourth-order valence-corrected chi connectivity index (χ4v) is 2.20. The van der Waals surface area contributed by atoms with Crippen molar-refractivity contribution in [3.63, 3.8) is 0 Å². The van der Waals surface area contributed by atoms with E-state index in [0.29, 0.717) is 0 Å². The Hall–Kier alpha value is -2.81. The molecule has 3 nitrogen and oxygen atoms in total. The molecule has 3 aromatic rings. The molecule has 0 amide bonds. The zero-order valence-electron chi connectivity index (χ0n) is 12.3. The van der Waals surface area contributed by atoms with Gasteiger partial charge in [-0.15, -0.1) is 0 Å². The number of amidine groups is 1. The fourth-order valence-electron chi connectivity index (χ4n) is 2.20. The van der Waals surface area contributed by atoms with Gasteiger partial charge in [0.25, 0.3) is 0 Å². The summed E-state index contributed by atoms with van der Waals surface area (Å²) in [5.41, 5.74) is 2.20. The molecule has 0 bridgehead atoms. The van der Waals surface area contributed by atoms with Crippen molar-refractivity contribution < 1.29 is 4.42 Å². The Labute approximate surface area is 130 Å². The van der Waals surface area contributed by atoms with Crippen LogP contribution in [0.25, 0.3) is 0 Å². The topological polar surface area (TPSA) is 37.5 Å². The zero-order valence-corrected chi connectivity index (χ0v) is 12.3. The Morgan fingerprint density at radius 2 is 1.59 bits per heavy atom. The van der Waals surface area contributed by atoms with Crippen LogP contribution in [0.4, 0.5) is 5.69 Å². The van der Waals surface area contributed by atoms with E-state index in [1.807, 2.05) is 48.5 Å². The van der Waals surface area contributed by atoms with Crippen LogP contribution in [0.1, 0.15) is 11.3 Å². The quantitative estimate of drug-likeness (QED) is 0.565. The fraction of sp³-hybridized carbons (Fsp3) is 0.105. The molecule has 0 aliphatic rings. The average Bonchev–Trinajstić information content (AvgIpc) is 3.10. The Morgan fingerprint density at radius 1 is 0.864 bits per heavy atom. The first-order valence-electron chi connectivity index (χ1n) is 7.37. The van der Waals surface area contributed by atoms with Gasteiger partial charge in [0.2, 0.25) is 0 Å². The van der Waals surface area contributed by atoms with Gasteiger partial charge >= 0.3 is 0 Å². The van der Waals surface area contributed by atoms with Crippen LogP contribution in [0.5, 0.6) is 0 Å². The van der Waals surface area contributed by atoms with Crippen LogP contribution in [0, 0.1) is 0 Å². The minimum Gasteiger partial charge on any atom is -0.461 e. The van der Waals surface area contributed by atoms with Crippen LogP contribution in [0.2, 0.25) is 0 Å². The molecule has 1 heterocycles. The molecule has 0 radical (unpaired) electrons. The van der Waals surface area contributed by atoms with Crippen LogP contribution >= 0.6 is 0 Å². The summed E-state index contributed by atoms with van der Waals surface area (Å²) in [6, 6.07) is 24.1. The molecular formula is C19H18N2O. The maximum Gasteiger partial charge on any atom is 0.169 e. The van der Waals surface area contributed by atoms with Gasteiger partial charge in [0.05, 0.1) is 12.0 Å². The number of nitrogens with zero attached hydrogens (tertiary/aromatic N) is 1. The first-order valence-corrected chi connectivity index (χ1v) is 7.37. The van der Waals surface area contributed by atoms with E-state index in [4.69, 9.17) is 4.42 Å². The maximum atomic E-state index is 5.48. The molecule has 0 aliphatic carbocycles. The minimum atomic E-state index is 0.747. The third-order valence-electron chi connectivity index (χ3n) is 3.30. The number of nitrogens with one attached hydrogen (secondary N) is 1. The molecule has 0 saturated carbocycles. The van der Waals surface area contributed by atoms with Gasteiger partial charge in [0.15, 0.2) is 11.6 Å². The molecule has 0 saturated heterocycles. The number of hydrogen-bond acceptors (Lipinski definition) is 2. The minimum absolute atomic E-state index is 0.747. The van der Waals surface area contributed by atoms with E-state index in [0.717, 1.165) is 30.2 Å². The summed E-state index contributed by atoms with van der Waals surface area (Å²) in [5, 5.41) is 3.38. The van der Waals surface area contributed by atoms with Crippen molar-refractivity contribution in [2.75, 3.05) is 6.54 Å². The molecule has 3 heteroatoms. The number of benzene rings is 2. The lowest BCUT2D eigenvalue weighted by Crippen LogP contribution is -2.26. The van der Waals surface area contributed by atoms with Gasteiger partial charge in [-0.2, -0.15) is 0 Å². The highest BCUT2D eigenvalue weighted by atomic mass is 16.3. The molecule has 0 spiro atoms. The number of rotatable bonds is 5. The number of aliphatic imine (C=N–C) groups is 1.